The summed E-state index contributed by atoms with van der Waals surface area (Å²) in [6, 6.07) is 14.6. The van der Waals surface area contributed by atoms with Crippen LogP contribution in [0.25, 0.3) is 11.1 Å². The second-order valence-electron chi connectivity index (χ2n) is 4.69. The van der Waals surface area contributed by atoms with Gasteiger partial charge in [-0.05, 0) is 31.0 Å². The molecule has 0 saturated carbocycles. The second kappa shape index (κ2) is 5.72. The van der Waals surface area contributed by atoms with Gasteiger partial charge >= 0.3 is 0 Å². The summed E-state index contributed by atoms with van der Waals surface area (Å²) in [5.41, 5.74) is 2.71. The highest BCUT2D eigenvalue weighted by molar-refractivity contribution is 5.91. The molecule has 2 aromatic rings. The molecular formula is C18H12FN2. The van der Waals surface area contributed by atoms with Crippen LogP contribution in [0.2, 0.25) is 0 Å². The molecule has 101 valence electrons. The molecule has 0 unspecified atom stereocenters. The Hall–Kier alpha value is -2.73. The maximum absolute atomic E-state index is 14.8. The van der Waals surface area contributed by atoms with Crippen LogP contribution in [0, 0.1) is 17.8 Å². The lowest BCUT2D eigenvalue weighted by Gasteiger charge is -2.17. The molecule has 1 aliphatic carbocycles. The summed E-state index contributed by atoms with van der Waals surface area (Å²) >= 11 is 0. The third-order valence-corrected chi connectivity index (χ3v) is 3.42. The van der Waals surface area contributed by atoms with Gasteiger partial charge in [0.05, 0.1) is 17.3 Å². The predicted molar refractivity (Wildman–Crippen MR) is 80.3 cm³/mol. The standard InChI is InChI=1S/C18H12FN2/c19-18-15(14-7-2-1-6-13(14)12-20)8-5-9-16(18)17-10-3-4-11-21-17/h1-8,10-11H,9H2. The van der Waals surface area contributed by atoms with E-state index in [2.05, 4.69) is 11.1 Å². The average molecular weight is 275 g/mol. The first-order valence-electron chi connectivity index (χ1n) is 6.64. The van der Waals surface area contributed by atoms with Gasteiger partial charge in [0.25, 0.3) is 0 Å². The van der Waals surface area contributed by atoms with Crippen LogP contribution < -0.4 is 0 Å². The number of hydrogen-bond donors (Lipinski definition) is 0. The fraction of sp³-hybridized carbons (Fsp3) is 0.0556. The number of rotatable bonds is 2. The summed E-state index contributed by atoms with van der Waals surface area (Å²) in [5.74, 6) is -0.307. The molecule has 0 amide bonds. The van der Waals surface area contributed by atoms with Crippen LogP contribution in [0.4, 0.5) is 4.39 Å². The van der Waals surface area contributed by atoms with Crippen molar-refractivity contribution in [3.05, 3.63) is 83.8 Å². The molecule has 0 aliphatic heterocycles. The second-order valence-corrected chi connectivity index (χ2v) is 4.69. The molecule has 1 radical (unpaired) electrons. The van der Waals surface area contributed by atoms with Gasteiger partial charge in [0, 0.05) is 22.9 Å². The van der Waals surface area contributed by atoms with E-state index in [0.29, 0.717) is 34.4 Å². The number of aromatic nitrogens is 1. The topological polar surface area (TPSA) is 36.7 Å². The van der Waals surface area contributed by atoms with E-state index in [4.69, 9.17) is 0 Å². The van der Waals surface area contributed by atoms with Crippen molar-refractivity contribution in [3.63, 3.8) is 0 Å². The molecule has 1 heterocycles. The Kier molecular flexibility index (Phi) is 3.61. The Labute approximate surface area is 122 Å². The number of nitrogens with zero attached hydrogens (tertiary/aromatic N) is 2. The van der Waals surface area contributed by atoms with E-state index in [-0.39, 0.29) is 5.83 Å². The van der Waals surface area contributed by atoms with E-state index in [1.807, 2.05) is 12.5 Å². The van der Waals surface area contributed by atoms with Crippen LogP contribution in [0.15, 0.2) is 60.6 Å². The van der Waals surface area contributed by atoms with Gasteiger partial charge in [-0.2, -0.15) is 5.26 Å². The highest BCUT2D eigenvalue weighted by Gasteiger charge is 2.21. The van der Waals surface area contributed by atoms with E-state index >= 15 is 0 Å². The van der Waals surface area contributed by atoms with Gasteiger partial charge in [-0.25, -0.2) is 4.39 Å². The average Bonchev–Trinajstić information content (AvgIpc) is 2.56. The van der Waals surface area contributed by atoms with Crippen molar-refractivity contribution in [2.45, 2.75) is 6.42 Å². The summed E-state index contributed by atoms with van der Waals surface area (Å²) < 4.78 is 14.8. The number of halogens is 1. The van der Waals surface area contributed by atoms with Crippen molar-refractivity contribution in [2.24, 2.45) is 0 Å². The normalized spacial score (nSPS) is 14.6. The molecule has 0 bridgehead atoms. The van der Waals surface area contributed by atoms with Crippen LogP contribution in [0.5, 0.6) is 0 Å². The lowest BCUT2D eigenvalue weighted by atomic mass is 9.89. The van der Waals surface area contributed by atoms with Gasteiger partial charge in [0.15, 0.2) is 0 Å². The first-order valence-corrected chi connectivity index (χ1v) is 6.64. The molecule has 2 nitrogen and oxygen atoms in total. The number of pyridine rings is 1. The van der Waals surface area contributed by atoms with Crippen molar-refractivity contribution >= 4 is 11.1 Å². The third-order valence-electron chi connectivity index (χ3n) is 3.42. The minimum absolute atomic E-state index is 0.307. The first kappa shape index (κ1) is 13.3. The molecular weight excluding hydrogens is 263 g/mol. The van der Waals surface area contributed by atoms with E-state index in [0.717, 1.165) is 0 Å². The van der Waals surface area contributed by atoms with Crippen LogP contribution >= 0.6 is 0 Å². The van der Waals surface area contributed by atoms with E-state index in [9.17, 15) is 9.65 Å². The summed E-state index contributed by atoms with van der Waals surface area (Å²) in [4.78, 5) is 4.21. The Morgan fingerprint density at radius 1 is 1.10 bits per heavy atom. The Morgan fingerprint density at radius 3 is 2.67 bits per heavy atom. The largest absolute Gasteiger partial charge is 0.256 e. The summed E-state index contributed by atoms with van der Waals surface area (Å²) in [6.07, 6.45) is 5.78. The van der Waals surface area contributed by atoms with Gasteiger partial charge in [0.2, 0.25) is 0 Å². The molecule has 3 rings (SSSR count). The summed E-state index contributed by atoms with van der Waals surface area (Å²) in [6.45, 7) is 0. The van der Waals surface area contributed by atoms with Gasteiger partial charge in [-0.3, -0.25) is 4.98 Å². The van der Waals surface area contributed by atoms with Gasteiger partial charge < -0.3 is 0 Å². The highest BCUT2D eigenvalue weighted by Crippen LogP contribution is 2.38. The summed E-state index contributed by atoms with van der Waals surface area (Å²) in [7, 11) is 0. The molecule has 1 aromatic heterocycles. The highest BCUT2D eigenvalue weighted by atomic mass is 19.1. The molecule has 3 heteroatoms. The fourth-order valence-corrected chi connectivity index (χ4v) is 2.40. The molecule has 0 spiro atoms. The Balaban J connectivity index is 2.11. The number of nitriles is 1. The van der Waals surface area contributed by atoms with Gasteiger partial charge in [-0.1, -0.05) is 30.3 Å². The maximum atomic E-state index is 14.8. The first-order chi connectivity index (χ1) is 10.3. The van der Waals surface area contributed by atoms with Crippen molar-refractivity contribution < 1.29 is 4.39 Å². The van der Waals surface area contributed by atoms with Gasteiger partial charge in [0.1, 0.15) is 5.83 Å². The molecule has 0 atom stereocenters. The van der Waals surface area contributed by atoms with Crippen LogP contribution in [-0.4, -0.2) is 4.98 Å². The molecule has 1 aromatic carbocycles. The van der Waals surface area contributed by atoms with Crippen LogP contribution in [0.3, 0.4) is 0 Å². The smallest absolute Gasteiger partial charge is 0.136 e. The molecule has 21 heavy (non-hydrogen) atoms. The van der Waals surface area contributed by atoms with Gasteiger partial charge in [-0.15, -0.1) is 0 Å². The van der Waals surface area contributed by atoms with Crippen molar-refractivity contribution in [3.8, 4) is 6.07 Å². The number of benzene rings is 1. The minimum Gasteiger partial charge on any atom is -0.256 e. The SMILES string of the molecule is N#Cc1ccccc1C1=C[CH]CC(c2ccccn2)=C1F. The molecule has 0 N–H and O–H groups in total. The lowest BCUT2D eigenvalue weighted by molar-refractivity contribution is 0.670. The van der Waals surface area contributed by atoms with E-state index in [1.54, 1.807) is 48.7 Å². The zero-order valence-corrected chi connectivity index (χ0v) is 11.3. The Morgan fingerprint density at radius 2 is 1.90 bits per heavy atom. The molecule has 1 aliphatic rings. The monoisotopic (exact) mass is 275 g/mol. The number of allylic oxidation sites excluding steroid dienone is 4. The maximum Gasteiger partial charge on any atom is 0.136 e. The number of hydrogen-bond acceptors (Lipinski definition) is 2. The van der Waals surface area contributed by atoms with Crippen molar-refractivity contribution in [1.82, 2.24) is 4.98 Å². The van der Waals surface area contributed by atoms with Crippen LogP contribution in [-0.2, 0) is 0 Å². The lowest BCUT2D eigenvalue weighted by Crippen LogP contribution is -2.01. The molecule has 0 fully saturated rings. The predicted octanol–water partition coefficient (Wildman–Crippen LogP) is 4.33. The van der Waals surface area contributed by atoms with Crippen LogP contribution in [0.1, 0.15) is 23.2 Å². The zero-order chi connectivity index (χ0) is 14.7. The Bertz CT molecular complexity index is 767. The zero-order valence-electron chi connectivity index (χ0n) is 11.3. The summed E-state index contributed by atoms with van der Waals surface area (Å²) in [5, 5.41) is 9.18. The van der Waals surface area contributed by atoms with E-state index in [1.165, 1.54) is 0 Å². The van der Waals surface area contributed by atoms with Crippen molar-refractivity contribution in [2.75, 3.05) is 0 Å². The fourth-order valence-electron chi connectivity index (χ4n) is 2.40. The van der Waals surface area contributed by atoms with E-state index < -0.39 is 0 Å². The molecule has 0 saturated heterocycles. The minimum atomic E-state index is -0.307. The quantitative estimate of drug-likeness (QED) is 0.818. The van der Waals surface area contributed by atoms with Crippen molar-refractivity contribution in [1.29, 1.82) is 5.26 Å². The third kappa shape index (κ3) is 2.48.